The number of halogens is 1. The van der Waals surface area contributed by atoms with Crippen molar-refractivity contribution in [2.45, 2.75) is 27.2 Å². The number of hydrogen-bond acceptors (Lipinski definition) is 6. The number of nitrogens with one attached hydrogen (secondary N) is 2. The highest BCUT2D eigenvalue weighted by Gasteiger charge is 2.21. The largest absolute Gasteiger partial charge is 0.364 e. The molecule has 0 bridgehead atoms. The van der Waals surface area contributed by atoms with E-state index in [9.17, 15) is 14.9 Å². The standard InChI is InChI=1S/C12H18ClN5O3/c1-7(2)6-15-9(19)4-5-14-11-10(18(20)21)8(3)16-12(13)17-11/h7H,4-6H2,1-3H3,(H,15,19)(H,14,16,17). The van der Waals surface area contributed by atoms with Gasteiger partial charge in [0.2, 0.25) is 17.0 Å². The molecule has 9 heteroatoms. The van der Waals surface area contributed by atoms with Gasteiger partial charge in [0.25, 0.3) is 0 Å². The van der Waals surface area contributed by atoms with Gasteiger partial charge in [-0.3, -0.25) is 14.9 Å². The number of amides is 1. The molecule has 0 atom stereocenters. The van der Waals surface area contributed by atoms with Gasteiger partial charge in [-0.15, -0.1) is 0 Å². The van der Waals surface area contributed by atoms with Gasteiger partial charge in [-0.1, -0.05) is 13.8 Å². The van der Waals surface area contributed by atoms with Gasteiger partial charge >= 0.3 is 5.69 Å². The first kappa shape index (κ1) is 17.1. The van der Waals surface area contributed by atoms with Crippen molar-refractivity contribution < 1.29 is 9.72 Å². The van der Waals surface area contributed by atoms with E-state index >= 15 is 0 Å². The first-order valence-corrected chi connectivity index (χ1v) is 6.88. The summed E-state index contributed by atoms with van der Waals surface area (Å²) in [5, 5.41) is 16.4. The summed E-state index contributed by atoms with van der Waals surface area (Å²) in [6.45, 7) is 6.28. The molecule has 2 N–H and O–H groups in total. The lowest BCUT2D eigenvalue weighted by molar-refractivity contribution is -0.385. The van der Waals surface area contributed by atoms with Crippen molar-refractivity contribution in [3.05, 3.63) is 21.1 Å². The Hall–Kier alpha value is -1.96. The summed E-state index contributed by atoms with van der Waals surface area (Å²) in [4.78, 5) is 29.5. The van der Waals surface area contributed by atoms with E-state index in [1.807, 2.05) is 13.8 Å². The maximum absolute atomic E-state index is 11.5. The van der Waals surface area contributed by atoms with E-state index in [4.69, 9.17) is 11.6 Å². The van der Waals surface area contributed by atoms with Crippen LogP contribution in [0.15, 0.2) is 0 Å². The lowest BCUT2D eigenvalue weighted by Crippen LogP contribution is -2.28. The minimum Gasteiger partial charge on any atom is -0.364 e. The van der Waals surface area contributed by atoms with Crippen LogP contribution < -0.4 is 10.6 Å². The molecule has 0 saturated heterocycles. The molecule has 0 fully saturated rings. The minimum absolute atomic E-state index is 0.0224. The van der Waals surface area contributed by atoms with Crippen molar-refractivity contribution in [1.82, 2.24) is 15.3 Å². The smallest absolute Gasteiger partial charge is 0.332 e. The van der Waals surface area contributed by atoms with E-state index in [0.717, 1.165) is 0 Å². The fourth-order valence-electron chi connectivity index (χ4n) is 1.58. The number of anilines is 1. The van der Waals surface area contributed by atoms with E-state index in [1.165, 1.54) is 6.92 Å². The molecule has 1 rings (SSSR count). The zero-order chi connectivity index (χ0) is 16.0. The first-order chi connectivity index (χ1) is 9.81. The monoisotopic (exact) mass is 315 g/mol. The lowest BCUT2D eigenvalue weighted by Gasteiger charge is -2.09. The van der Waals surface area contributed by atoms with E-state index in [0.29, 0.717) is 12.5 Å². The molecule has 21 heavy (non-hydrogen) atoms. The SMILES string of the molecule is Cc1nc(Cl)nc(NCCC(=O)NCC(C)C)c1[N+](=O)[O-]. The number of nitro groups is 1. The van der Waals surface area contributed by atoms with Gasteiger partial charge in [-0.05, 0) is 24.4 Å². The molecule has 8 nitrogen and oxygen atoms in total. The summed E-state index contributed by atoms with van der Waals surface area (Å²) in [6.07, 6.45) is 0.185. The van der Waals surface area contributed by atoms with Gasteiger partial charge in [-0.2, -0.15) is 4.98 Å². The van der Waals surface area contributed by atoms with Crippen LogP contribution in [-0.4, -0.2) is 33.9 Å². The van der Waals surface area contributed by atoms with Crippen LogP contribution in [0.25, 0.3) is 0 Å². The van der Waals surface area contributed by atoms with E-state index in [-0.39, 0.29) is 41.4 Å². The van der Waals surface area contributed by atoms with Crippen LogP contribution in [0, 0.1) is 23.0 Å². The van der Waals surface area contributed by atoms with Gasteiger partial charge in [0, 0.05) is 19.5 Å². The maximum Gasteiger partial charge on any atom is 0.332 e. The number of aromatic nitrogens is 2. The van der Waals surface area contributed by atoms with E-state index in [2.05, 4.69) is 20.6 Å². The first-order valence-electron chi connectivity index (χ1n) is 6.50. The molecule has 1 amide bonds. The van der Waals surface area contributed by atoms with Crippen molar-refractivity contribution in [2.75, 3.05) is 18.4 Å². The molecule has 0 saturated carbocycles. The Balaban J connectivity index is 2.63. The number of carbonyl (C=O) groups is 1. The molecule has 0 aliphatic carbocycles. The fourth-order valence-corrected chi connectivity index (χ4v) is 1.79. The van der Waals surface area contributed by atoms with Crippen molar-refractivity contribution in [3.8, 4) is 0 Å². The van der Waals surface area contributed by atoms with Crippen LogP contribution in [-0.2, 0) is 4.79 Å². The van der Waals surface area contributed by atoms with Crippen LogP contribution in [0.2, 0.25) is 5.28 Å². The zero-order valence-corrected chi connectivity index (χ0v) is 12.9. The number of carbonyl (C=O) groups excluding carboxylic acids is 1. The number of hydrogen-bond donors (Lipinski definition) is 2. The molecule has 0 aliphatic rings. The Morgan fingerprint density at radius 3 is 2.67 bits per heavy atom. The van der Waals surface area contributed by atoms with Crippen LogP contribution >= 0.6 is 11.6 Å². The fraction of sp³-hybridized carbons (Fsp3) is 0.583. The summed E-state index contributed by atoms with van der Waals surface area (Å²) in [7, 11) is 0. The van der Waals surface area contributed by atoms with Crippen LogP contribution in [0.4, 0.5) is 11.5 Å². The van der Waals surface area contributed by atoms with Gasteiger partial charge in [0.05, 0.1) is 4.92 Å². The minimum atomic E-state index is -0.577. The summed E-state index contributed by atoms with van der Waals surface area (Å²) >= 11 is 5.69. The summed E-state index contributed by atoms with van der Waals surface area (Å²) in [5.74, 6) is 0.260. The molecule has 0 unspecified atom stereocenters. The molecule has 116 valence electrons. The summed E-state index contributed by atoms with van der Waals surface area (Å²) in [6, 6.07) is 0. The van der Waals surface area contributed by atoms with Crippen molar-refractivity contribution in [2.24, 2.45) is 5.92 Å². The molecule has 1 aromatic heterocycles. The second-order valence-electron chi connectivity index (χ2n) is 4.91. The molecule has 0 aliphatic heterocycles. The van der Waals surface area contributed by atoms with Crippen LogP contribution in [0.1, 0.15) is 26.0 Å². The highest BCUT2D eigenvalue weighted by atomic mass is 35.5. The molecule has 1 aromatic rings. The summed E-state index contributed by atoms with van der Waals surface area (Å²) in [5.41, 5.74) is -0.0613. The second kappa shape index (κ2) is 7.72. The van der Waals surface area contributed by atoms with Crippen molar-refractivity contribution in [1.29, 1.82) is 0 Å². The Bertz CT molecular complexity index is 536. The normalized spacial score (nSPS) is 10.5. The van der Waals surface area contributed by atoms with Gasteiger partial charge in [0.15, 0.2) is 0 Å². The van der Waals surface area contributed by atoms with Crippen molar-refractivity contribution >= 4 is 29.0 Å². The molecule has 0 aromatic carbocycles. The van der Waals surface area contributed by atoms with E-state index < -0.39 is 4.92 Å². The lowest BCUT2D eigenvalue weighted by atomic mass is 10.2. The molecule has 1 heterocycles. The van der Waals surface area contributed by atoms with Gasteiger partial charge in [-0.25, -0.2) is 4.98 Å². The van der Waals surface area contributed by atoms with Crippen molar-refractivity contribution in [3.63, 3.8) is 0 Å². The quantitative estimate of drug-likeness (QED) is 0.452. The zero-order valence-electron chi connectivity index (χ0n) is 12.1. The third kappa shape index (κ3) is 5.50. The third-order valence-corrected chi connectivity index (χ3v) is 2.73. The maximum atomic E-state index is 11.5. The second-order valence-corrected chi connectivity index (χ2v) is 5.25. The average Bonchev–Trinajstić information content (AvgIpc) is 2.34. The number of aryl methyl sites for hydroxylation is 1. The third-order valence-electron chi connectivity index (χ3n) is 2.57. The Morgan fingerprint density at radius 1 is 1.43 bits per heavy atom. The molecule has 0 spiro atoms. The Labute approximate surface area is 127 Å². The predicted molar refractivity (Wildman–Crippen MR) is 79.4 cm³/mol. The van der Waals surface area contributed by atoms with Gasteiger partial charge in [0.1, 0.15) is 5.69 Å². The van der Waals surface area contributed by atoms with E-state index in [1.54, 1.807) is 0 Å². The molecular formula is C12H18ClN5O3. The number of nitrogens with zero attached hydrogens (tertiary/aromatic N) is 3. The van der Waals surface area contributed by atoms with Crippen LogP contribution in [0.5, 0.6) is 0 Å². The highest BCUT2D eigenvalue weighted by Crippen LogP contribution is 2.26. The van der Waals surface area contributed by atoms with Gasteiger partial charge < -0.3 is 10.6 Å². The predicted octanol–water partition coefficient (Wildman–Crippen LogP) is 1.92. The topological polar surface area (TPSA) is 110 Å². The highest BCUT2D eigenvalue weighted by molar-refractivity contribution is 6.28. The molecular weight excluding hydrogens is 298 g/mol. The Morgan fingerprint density at radius 2 is 2.10 bits per heavy atom. The average molecular weight is 316 g/mol. The Kier molecular flexibility index (Phi) is 6.29. The number of rotatable bonds is 7. The summed E-state index contributed by atoms with van der Waals surface area (Å²) < 4.78 is 0. The molecule has 0 radical (unpaired) electrons. The van der Waals surface area contributed by atoms with Crippen LogP contribution in [0.3, 0.4) is 0 Å².